The molecule has 0 aromatic carbocycles. The van der Waals surface area contributed by atoms with Crippen LogP contribution < -0.4 is 10.6 Å². The summed E-state index contributed by atoms with van der Waals surface area (Å²) in [7, 11) is 0. The molecule has 0 aliphatic carbocycles. The molecule has 0 fully saturated rings. The lowest BCUT2D eigenvalue weighted by molar-refractivity contribution is 0.103. The number of aliphatic hydroxyl groups excluding tert-OH is 1. The molecule has 1 heterocycles. The first-order valence-corrected chi connectivity index (χ1v) is 7.24. The number of hydrogen-bond acceptors (Lipinski definition) is 3. The van der Waals surface area contributed by atoms with Crippen molar-refractivity contribution in [2.45, 2.75) is 39.3 Å². The van der Waals surface area contributed by atoms with Crippen LogP contribution in [-0.4, -0.2) is 28.8 Å². The summed E-state index contributed by atoms with van der Waals surface area (Å²) in [5, 5.41) is 15.7. The first kappa shape index (κ1) is 16.7. The number of carbonyl (C=O) groups excluding carboxylic acids is 1. The van der Waals surface area contributed by atoms with E-state index in [9.17, 15) is 9.90 Å². The van der Waals surface area contributed by atoms with E-state index >= 15 is 0 Å². The highest BCUT2D eigenvalue weighted by atomic mass is 35.5. The lowest BCUT2D eigenvalue weighted by Gasteiger charge is -2.20. The molecule has 1 atom stereocenters. The quantitative estimate of drug-likeness (QED) is 0.677. The van der Waals surface area contributed by atoms with Gasteiger partial charge in [0, 0.05) is 19.3 Å². The van der Waals surface area contributed by atoms with Crippen molar-refractivity contribution in [2.75, 3.05) is 6.54 Å². The first-order valence-electron chi connectivity index (χ1n) is 6.87. The molecule has 112 valence electrons. The standard InChI is InChI=1S/C14H22ClN3O2/c1-3-11(4-2)12(19)9-18-14(20)17-8-10-5-6-13(15)16-7-10/h5-7,11-12,19H,3-4,8-9H2,1-2H3,(H2,17,18,20). The van der Waals surface area contributed by atoms with E-state index in [0.717, 1.165) is 18.4 Å². The minimum atomic E-state index is -0.507. The van der Waals surface area contributed by atoms with E-state index in [0.29, 0.717) is 11.7 Å². The smallest absolute Gasteiger partial charge is 0.315 e. The number of rotatable bonds is 7. The van der Waals surface area contributed by atoms with Crippen LogP contribution in [0.3, 0.4) is 0 Å². The lowest BCUT2D eigenvalue weighted by atomic mass is 9.97. The number of amides is 2. The zero-order valence-corrected chi connectivity index (χ0v) is 12.7. The second-order valence-electron chi connectivity index (χ2n) is 4.70. The molecule has 0 saturated heterocycles. The number of aliphatic hydroxyl groups is 1. The maximum Gasteiger partial charge on any atom is 0.315 e. The van der Waals surface area contributed by atoms with Gasteiger partial charge in [0.05, 0.1) is 6.10 Å². The Morgan fingerprint density at radius 2 is 2.05 bits per heavy atom. The monoisotopic (exact) mass is 299 g/mol. The fourth-order valence-corrected chi connectivity index (χ4v) is 2.06. The third-order valence-corrected chi connectivity index (χ3v) is 3.53. The van der Waals surface area contributed by atoms with Gasteiger partial charge in [-0.15, -0.1) is 0 Å². The molecular weight excluding hydrogens is 278 g/mol. The van der Waals surface area contributed by atoms with Crippen molar-refractivity contribution < 1.29 is 9.90 Å². The molecule has 1 unspecified atom stereocenters. The molecular formula is C14H22ClN3O2. The number of halogens is 1. The molecule has 0 aliphatic heterocycles. The maximum absolute atomic E-state index is 11.6. The Bertz CT molecular complexity index is 407. The van der Waals surface area contributed by atoms with Crippen molar-refractivity contribution in [1.29, 1.82) is 0 Å². The van der Waals surface area contributed by atoms with Crippen LogP contribution in [0.15, 0.2) is 18.3 Å². The number of hydrogen-bond donors (Lipinski definition) is 3. The number of urea groups is 1. The van der Waals surface area contributed by atoms with Crippen molar-refractivity contribution in [3.63, 3.8) is 0 Å². The highest BCUT2D eigenvalue weighted by molar-refractivity contribution is 6.29. The third kappa shape index (κ3) is 5.75. The predicted octanol–water partition coefficient (Wildman–Crippen LogP) is 2.33. The molecule has 1 aromatic heterocycles. The Kier molecular flexibility index (Phi) is 7.33. The van der Waals surface area contributed by atoms with Gasteiger partial charge in [0.1, 0.15) is 5.15 Å². The normalized spacial score (nSPS) is 12.2. The molecule has 0 aliphatic rings. The number of nitrogens with zero attached hydrogens (tertiary/aromatic N) is 1. The van der Waals surface area contributed by atoms with Crippen molar-refractivity contribution in [3.05, 3.63) is 29.0 Å². The van der Waals surface area contributed by atoms with Crippen LogP contribution >= 0.6 is 11.6 Å². The largest absolute Gasteiger partial charge is 0.391 e. The van der Waals surface area contributed by atoms with Gasteiger partial charge in [-0.2, -0.15) is 0 Å². The van der Waals surface area contributed by atoms with E-state index in [2.05, 4.69) is 15.6 Å². The summed E-state index contributed by atoms with van der Waals surface area (Å²) in [6, 6.07) is 3.17. The number of aromatic nitrogens is 1. The minimum absolute atomic E-state index is 0.218. The van der Waals surface area contributed by atoms with E-state index < -0.39 is 6.10 Å². The second kappa shape index (κ2) is 8.76. The number of nitrogens with one attached hydrogen (secondary N) is 2. The number of pyridine rings is 1. The predicted molar refractivity (Wildman–Crippen MR) is 79.6 cm³/mol. The Balaban J connectivity index is 2.28. The zero-order chi connectivity index (χ0) is 15.0. The van der Waals surface area contributed by atoms with Crippen LogP contribution in [0.1, 0.15) is 32.3 Å². The molecule has 2 amide bonds. The highest BCUT2D eigenvalue weighted by Gasteiger charge is 2.15. The summed E-state index contributed by atoms with van der Waals surface area (Å²) >= 11 is 5.68. The Labute approximate surface area is 124 Å². The van der Waals surface area contributed by atoms with Crippen molar-refractivity contribution >= 4 is 17.6 Å². The van der Waals surface area contributed by atoms with Gasteiger partial charge in [-0.3, -0.25) is 0 Å². The van der Waals surface area contributed by atoms with Crippen LogP contribution in [0.5, 0.6) is 0 Å². The van der Waals surface area contributed by atoms with E-state index in [1.807, 2.05) is 13.8 Å². The molecule has 5 nitrogen and oxygen atoms in total. The SMILES string of the molecule is CCC(CC)C(O)CNC(=O)NCc1ccc(Cl)nc1. The van der Waals surface area contributed by atoms with Gasteiger partial charge in [0.25, 0.3) is 0 Å². The number of carbonyl (C=O) groups is 1. The fraction of sp³-hybridized carbons (Fsp3) is 0.571. The summed E-state index contributed by atoms with van der Waals surface area (Å²) in [6.45, 7) is 4.70. The molecule has 0 spiro atoms. The molecule has 0 radical (unpaired) electrons. The van der Waals surface area contributed by atoms with Crippen molar-refractivity contribution in [1.82, 2.24) is 15.6 Å². The van der Waals surface area contributed by atoms with Crippen LogP contribution in [0.25, 0.3) is 0 Å². The molecule has 3 N–H and O–H groups in total. The molecule has 20 heavy (non-hydrogen) atoms. The Morgan fingerprint density at radius 3 is 2.60 bits per heavy atom. The summed E-state index contributed by atoms with van der Waals surface area (Å²) in [4.78, 5) is 15.5. The van der Waals surface area contributed by atoms with Gasteiger partial charge in [-0.05, 0) is 17.5 Å². The minimum Gasteiger partial charge on any atom is -0.391 e. The molecule has 6 heteroatoms. The first-order chi connectivity index (χ1) is 9.56. The lowest BCUT2D eigenvalue weighted by Crippen LogP contribution is -2.41. The van der Waals surface area contributed by atoms with Gasteiger partial charge in [-0.1, -0.05) is 44.4 Å². The Morgan fingerprint density at radius 1 is 1.35 bits per heavy atom. The average Bonchev–Trinajstić information content (AvgIpc) is 2.45. The van der Waals surface area contributed by atoms with Crippen LogP contribution in [0.2, 0.25) is 5.15 Å². The molecule has 0 saturated carbocycles. The summed E-state index contributed by atoms with van der Waals surface area (Å²) in [5.74, 6) is 0.218. The van der Waals surface area contributed by atoms with Crippen LogP contribution in [0.4, 0.5) is 4.79 Å². The van der Waals surface area contributed by atoms with Crippen molar-refractivity contribution in [2.24, 2.45) is 5.92 Å². The summed E-state index contributed by atoms with van der Waals surface area (Å²) < 4.78 is 0. The zero-order valence-electron chi connectivity index (χ0n) is 11.9. The molecule has 1 rings (SSSR count). The fourth-order valence-electron chi connectivity index (χ4n) is 1.95. The van der Waals surface area contributed by atoms with Crippen LogP contribution in [-0.2, 0) is 6.54 Å². The van der Waals surface area contributed by atoms with Gasteiger partial charge in [0.2, 0.25) is 0 Å². The van der Waals surface area contributed by atoms with E-state index in [1.54, 1.807) is 18.3 Å². The average molecular weight is 300 g/mol. The van der Waals surface area contributed by atoms with Gasteiger partial charge in [0.15, 0.2) is 0 Å². The van der Waals surface area contributed by atoms with E-state index in [-0.39, 0.29) is 18.5 Å². The molecule has 0 bridgehead atoms. The van der Waals surface area contributed by atoms with Crippen LogP contribution in [0, 0.1) is 5.92 Å². The van der Waals surface area contributed by atoms with Gasteiger partial charge < -0.3 is 15.7 Å². The summed E-state index contributed by atoms with van der Waals surface area (Å²) in [5.41, 5.74) is 0.866. The Hall–Kier alpha value is -1.33. The second-order valence-corrected chi connectivity index (χ2v) is 5.08. The molecule has 1 aromatic rings. The van der Waals surface area contributed by atoms with E-state index in [1.165, 1.54) is 0 Å². The third-order valence-electron chi connectivity index (χ3n) is 3.31. The maximum atomic E-state index is 11.6. The van der Waals surface area contributed by atoms with Crippen molar-refractivity contribution in [3.8, 4) is 0 Å². The van der Waals surface area contributed by atoms with Gasteiger partial charge >= 0.3 is 6.03 Å². The summed E-state index contributed by atoms with van der Waals surface area (Å²) in [6.07, 6.45) is 2.91. The highest BCUT2D eigenvalue weighted by Crippen LogP contribution is 2.12. The van der Waals surface area contributed by atoms with E-state index in [4.69, 9.17) is 11.6 Å². The topological polar surface area (TPSA) is 74.2 Å². The van der Waals surface area contributed by atoms with Gasteiger partial charge in [-0.25, -0.2) is 9.78 Å².